The molecular formula is C21H21Cl2N3O. The summed E-state index contributed by atoms with van der Waals surface area (Å²) in [5.74, 6) is 0.850. The summed E-state index contributed by atoms with van der Waals surface area (Å²) in [5, 5.41) is 4.12. The van der Waals surface area contributed by atoms with Crippen LogP contribution in [0.5, 0.6) is 0 Å². The van der Waals surface area contributed by atoms with Crippen molar-refractivity contribution >= 4 is 40.1 Å². The van der Waals surface area contributed by atoms with E-state index in [4.69, 9.17) is 28.2 Å². The zero-order valence-electron chi connectivity index (χ0n) is 15.1. The normalized spacial score (nSPS) is 10.9. The third-order valence-corrected chi connectivity index (χ3v) is 4.91. The Hall–Kier alpha value is -2.30. The minimum absolute atomic E-state index is 0.114. The lowest BCUT2D eigenvalue weighted by Crippen LogP contribution is -2.25. The van der Waals surface area contributed by atoms with E-state index in [1.54, 1.807) is 13.0 Å². The second kappa shape index (κ2) is 8.59. The number of nitrogens with one attached hydrogen (secondary N) is 1. The van der Waals surface area contributed by atoms with Crippen molar-refractivity contribution in [3.8, 4) is 0 Å². The van der Waals surface area contributed by atoms with Gasteiger partial charge in [0.15, 0.2) is 0 Å². The van der Waals surface area contributed by atoms with E-state index in [-0.39, 0.29) is 5.91 Å². The Morgan fingerprint density at radius 3 is 2.74 bits per heavy atom. The van der Waals surface area contributed by atoms with Crippen LogP contribution in [-0.4, -0.2) is 22.0 Å². The predicted octanol–water partition coefficient (Wildman–Crippen LogP) is 5.02. The van der Waals surface area contributed by atoms with Gasteiger partial charge in [0.25, 0.3) is 0 Å². The Morgan fingerprint density at radius 2 is 2.00 bits per heavy atom. The first kappa shape index (κ1) is 19.5. The molecule has 0 bridgehead atoms. The number of hydrogen-bond donors (Lipinski definition) is 1. The van der Waals surface area contributed by atoms with Crippen molar-refractivity contribution in [1.29, 1.82) is 0 Å². The monoisotopic (exact) mass is 401 g/mol. The highest BCUT2D eigenvalue weighted by atomic mass is 35.5. The zero-order valence-corrected chi connectivity index (χ0v) is 16.6. The van der Waals surface area contributed by atoms with Crippen LogP contribution in [0.3, 0.4) is 0 Å². The molecule has 1 aromatic heterocycles. The van der Waals surface area contributed by atoms with Gasteiger partial charge in [-0.3, -0.25) is 4.79 Å². The number of rotatable bonds is 7. The number of nitrogens with zero attached hydrogens (tertiary/aromatic N) is 2. The first-order valence-corrected chi connectivity index (χ1v) is 9.53. The maximum atomic E-state index is 11.6. The van der Waals surface area contributed by atoms with Crippen molar-refractivity contribution in [2.24, 2.45) is 0 Å². The highest BCUT2D eigenvalue weighted by Gasteiger charge is 2.12. The van der Waals surface area contributed by atoms with E-state index in [1.807, 2.05) is 30.3 Å². The molecule has 0 aliphatic heterocycles. The lowest BCUT2D eigenvalue weighted by atomic mass is 10.2. The zero-order chi connectivity index (χ0) is 19.4. The van der Waals surface area contributed by atoms with Gasteiger partial charge in [-0.25, -0.2) is 4.98 Å². The third kappa shape index (κ3) is 4.71. The largest absolute Gasteiger partial charge is 0.352 e. The number of aromatic nitrogens is 2. The summed E-state index contributed by atoms with van der Waals surface area (Å²) in [4.78, 5) is 16.4. The Kier molecular flexibility index (Phi) is 6.19. The Bertz CT molecular complexity index is 994. The molecule has 6 heteroatoms. The number of benzene rings is 2. The minimum atomic E-state index is -0.114. The van der Waals surface area contributed by atoms with Crippen molar-refractivity contribution < 1.29 is 4.79 Å². The van der Waals surface area contributed by atoms with E-state index in [9.17, 15) is 4.79 Å². The lowest BCUT2D eigenvalue weighted by molar-refractivity contribution is -0.117. The number of carbonyl (C=O) groups excluding carboxylic acids is 1. The smallest absolute Gasteiger partial charge is 0.246 e. The predicted molar refractivity (Wildman–Crippen MR) is 111 cm³/mol. The molecule has 0 atom stereocenters. The molecule has 0 aliphatic carbocycles. The van der Waals surface area contributed by atoms with Gasteiger partial charge < -0.3 is 9.88 Å². The number of para-hydroxylation sites is 2. The summed E-state index contributed by atoms with van der Waals surface area (Å²) in [5.41, 5.74) is 3.51. The van der Waals surface area contributed by atoms with E-state index in [0.717, 1.165) is 35.3 Å². The molecule has 3 rings (SSSR count). The summed E-state index contributed by atoms with van der Waals surface area (Å²) in [6, 6.07) is 13.6. The SMILES string of the molecule is C=C(C)C(=O)NCCCc1nc2ccccc2n1Cc1ccc(Cl)cc1Cl. The highest BCUT2D eigenvalue weighted by molar-refractivity contribution is 6.35. The molecule has 0 spiro atoms. The summed E-state index contributed by atoms with van der Waals surface area (Å²) in [7, 11) is 0. The van der Waals surface area contributed by atoms with Crippen LogP contribution in [0.25, 0.3) is 11.0 Å². The topological polar surface area (TPSA) is 46.9 Å². The van der Waals surface area contributed by atoms with Gasteiger partial charge in [0, 0.05) is 28.6 Å². The maximum Gasteiger partial charge on any atom is 0.246 e. The molecule has 4 nitrogen and oxygen atoms in total. The van der Waals surface area contributed by atoms with Crippen molar-refractivity contribution in [2.45, 2.75) is 26.3 Å². The van der Waals surface area contributed by atoms with Crippen LogP contribution in [0.2, 0.25) is 10.0 Å². The fourth-order valence-electron chi connectivity index (χ4n) is 2.91. The van der Waals surface area contributed by atoms with E-state index < -0.39 is 0 Å². The van der Waals surface area contributed by atoms with Gasteiger partial charge in [-0.05, 0) is 43.2 Å². The second-order valence-electron chi connectivity index (χ2n) is 6.48. The van der Waals surface area contributed by atoms with Crippen molar-refractivity contribution in [3.05, 3.63) is 76.0 Å². The first-order chi connectivity index (χ1) is 13.0. The fourth-order valence-corrected chi connectivity index (χ4v) is 3.38. The molecule has 1 heterocycles. The van der Waals surface area contributed by atoms with Gasteiger partial charge in [-0.1, -0.05) is 48.0 Å². The molecule has 3 aromatic rings. The number of carbonyl (C=O) groups is 1. The van der Waals surface area contributed by atoms with Crippen molar-refractivity contribution in [1.82, 2.24) is 14.9 Å². The number of hydrogen-bond acceptors (Lipinski definition) is 2. The van der Waals surface area contributed by atoms with E-state index in [0.29, 0.717) is 28.7 Å². The molecule has 1 amide bonds. The lowest BCUT2D eigenvalue weighted by Gasteiger charge is -2.11. The van der Waals surface area contributed by atoms with Crippen LogP contribution in [0.15, 0.2) is 54.6 Å². The van der Waals surface area contributed by atoms with Gasteiger partial charge in [-0.2, -0.15) is 0 Å². The average molecular weight is 402 g/mol. The van der Waals surface area contributed by atoms with Crippen LogP contribution in [-0.2, 0) is 17.8 Å². The van der Waals surface area contributed by atoms with Crippen molar-refractivity contribution in [2.75, 3.05) is 6.54 Å². The fraction of sp³-hybridized carbons (Fsp3) is 0.238. The second-order valence-corrected chi connectivity index (χ2v) is 7.32. The maximum absolute atomic E-state index is 11.6. The minimum Gasteiger partial charge on any atom is -0.352 e. The third-order valence-electron chi connectivity index (χ3n) is 4.33. The van der Waals surface area contributed by atoms with Crippen LogP contribution in [0, 0.1) is 0 Å². The van der Waals surface area contributed by atoms with Gasteiger partial charge >= 0.3 is 0 Å². The van der Waals surface area contributed by atoms with E-state index >= 15 is 0 Å². The van der Waals surface area contributed by atoms with Gasteiger partial charge in [-0.15, -0.1) is 0 Å². The first-order valence-electron chi connectivity index (χ1n) is 8.77. The number of amides is 1. The summed E-state index contributed by atoms with van der Waals surface area (Å²) in [6.45, 7) is 6.54. The highest BCUT2D eigenvalue weighted by Crippen LogP contribution is 2.25. The molecule has 0 aliphatic rings. The van der Waals surface area contributed by atoms with Gasteiger partial charge in [0.05, 0.1) is 17.6 Å². The Balaban J connectivity index is 1.81. The summed E-state index contributed by atoms with van der Waals surface area (Å²) >= 11 is 12.4. The molecule has 2 aromatic carbocycles. The van der Waals surface area contributed by atoms with Crippen LogP contribution in [0.1, 0.15) is 24.7 Å². The molecule has 0 fully saturated rings. The number of aryl methyl sites for hydroxylation is 1. The van der Waals surface area contributed by atoms with E-state index in [2.05, 4.69) is 22.5 Å². The van der Waals surface area contributed by atoms with Crippen LogP contribution >= 0.6 is 23.2 Å². The van der Waals surface area contributed by atoms with E-state index in [1.165, 1.54) is 0 Å². The average Bonchev–Trinajstić information content (AvgIpc) is 2.98. The van der Waals surface area contributed by atoms with Gasteiger partial charge in [0.1, 0.15) is 5.82 Å². The van der Waals surface area contributed by atoms with Crippen LogP contribution < -0.4 is 5.32 Å². The molecule has 0 radical (unpaired) electrons. The van der Waals surface area contributed by atoms with Gasteiger partial charge in [0.2, 0.25) is 5.91 Å². The number of halogens is 2. The molecule has 27 heavy (non-hydrogen) atoms. The molecule has 0 saturated carbocycles. The summed E-state index contributed by atoms with van der Waals surface area (Å²) < 4.78 is 2.17. The molecule has 0 unspecified atom stereocenters. The summed E-state index contributed by atoms with van der Waals surface area (Å²) in [6.07, 6.45) is 1.53. The molecular weight excluding hydrogens is 381 g/mol. The molecule has 140 valence electrons. The quantitative estimate of drug-likeness (QED) is 0.446. The Morgan fingerprint density at radius 1 is 1.22 bits per heavy atom. The van der Waals surface area contributed by atoms with Crippen molar-refractivity contribution in [3.63, 3.8) is 0 Å². The van der Waals surface area contributed by atoms with Crippen LogP contribution in [0.4, 0.5) is 0 Å². The standard InChI is InChI=1S/C21H21Cl2N3O/c1-14(2)21(27)24-11-5-8-20-25-18-6-3-4-7-19(18)26(20)13-15-9-10-16(22)12-17(15)23/h3-4,6-7,9-10,12H,1,5,8,11,13H2,2H3,(H,24,27). The molecule has 0 saturated heterocycles. The number of imidazole rings is 1. The Labute approximate surface area is 168 Å². The molecule has 1 N–H and O–H groups in total. The number of fused-ring (bicyclic) bond motifs is 1.